The highest BCUT2D eigenvalue weighted by molar-refractivity contribution is 5.92. The van der Waals surface area contributed by atoms with E-state index in [2.05, 4.69) is 10.4 Å². The zero-order chi connectivity index (χ0) is 21.3. The standard InChI is InChI=1S/C19H23F3N4O2.ClH/c1-11(2)18(4,10-23)24-17(28)16-15(27)8-12(3)26(25-16)14-7-5-6-13(9-14)19(20,21)22;/h5-9,11H,10,23H2,1-4H3,(H,24,28);1H. The maximum absolute atomic E-state index is 13.0. The van der Waals surface area contributed by atoms with Crippen LogP contribution in [0.15, 0.2) is 35.1 Å². The van der Waals surface area contributed by atoms with E-state index in [9.17, 15) is 22.8 Å². The lowest BCUT2D eigenvalue weighted by atomic mass is 9.88. The number of halogens is 4. The number of carbonyl (C=O) groups is 1. The van der Waals surface area contributed by atoms with E-state index in [0.29, 0.717) is 5.69 Å². The van der Waals surface area contributed by atoms with Gasteiger partial charge in [0.15, 0.2) is 5.69 Å². The van der Waals surface area contributed by atoms with Crippen LogP contribution in [-0.2, 0) is 6.18 Å². The Bertz CT molecular complexity index is 944. The largest absolute Gasteiger partial charge is 0.416 e. The molecule has 1 aromatic carbocycles. The fourth-order valence-corrected chi connectivity index (χ4v) is 2.53. The van der Waals surface area contributed by atoms with Crippen LogP contribution < -0.4 is 16.5 Å². The third-order valence-electron chi connectivity index (χ3n) is 4.84. The third kappa shape index (κ3) is 5.36. The van der Waals surface area contributed by atoms with Crippen molar-refractivity contribution in [2.75, 3.05) is 6.54 Å². The average molecular weight is 433 g/mol. The Morgan fingerprint density at radius 1 is 1.28 bits per heavy atom. The molecule has 0 aliphatic carbocycles. The maximum atomic E-state index is 13.0. The minimum absolute atomic E-state index is 0. The van der Waals surface area contributed by atoms with Crippen molar-refractivity contribution < 1.29 is 18.0 Å². The predicted molar refractivity (Wildman–Crippen MR) is 107 cm³/mol. The van der Waals surface area contributed by atoms with E-state index in [0.717, 1.165) is 22.9 Å². The van der Waals surface area contributed by atoms with Crippen molar-refractivity contribution in [2.45, 2.75) is 39.4 Å². The molecular formula is C19H24ClF3N4O2. The highest BCUT2D eigenvalue weighted by Crippen LogP contribution is 2.30. The smallest absolute Gasteiger partial charge is 0.344 e. The van der Waals surface area contributed by atoms with Gasteiger partial charge in [-0.3, -0.25) is 9.59 Å². The molecule has 29 heavy (non-hydrogen) atoms. The number of benzene rings is 1. The number of nitrogens with one attached hydrogen (secondary N) is 1. The van der Waals surface area contributed by atoms with Crippen molar-refractivity contribution in [3.8, 4) is 5.69 Å². The molecule has 1 heterocycles. The van der Waals surface area contributed by atoms with Crippen LogP contribution in [0.4, 0.5) is 13.2 Å². The average Bonchev–Trinajstić information content (AvgIpc) is 2.60. The highest BCUT2D eigenvalue weighted by Gasteiger charge is 2.32. The Balaban J connectivity index is 0.00000420. The maximum Gasteiger partial charge on any atom is 0.416 e. The van der Waals surface area contributed by atoms with E-state index in [1.165, 1.54) is 19.1 Å². The number of nitrogens with zero attached hydrogens (tertiary/aromatic N) is 2. The Morgan fingerprint density at radius 3 is 2.41 bits per heavy atom. The Labute approximate surface area is 172 Å². The molecule has 10 heteroatoms. The van der Waals surface area contributed by atoms with Crippen molar-refractivity contribution in [2.24, 2.45) is 11.7 Å². The Hall–Kier alpha value is -2.39. The zero-order valence-corrected chi connectivity index (χ0v) is 17.3. The van der Waals surface area contributed by atoms with E-state index in [1.807, 2.05) is 13.8 Å². The van der Waals surface area contributed by atoms with Gasteiger partial charge in [-0.25, -0.2) is 4.68 Å². The first-order chi connectivity index (χ1) is 12.9. The van der Waals surface area contributed by atoms with Crippen LogP contribution in [0.3, 0.4) is 0 Å². The summed E-state index contributed by atoms with van der Waals surface area (Å²) < 4.78 is 40.1. The van der Waals surface area contributed by atoms with Gasteiger partial charge < -0.3 is 11.1 Å². The molecule has 1 atom stereocenters. The topological polar surface area (TPSA) is 90.0 Å². The first-order valence-corrected chi connectivity index (χ1v) is 8.70. The van der Waals surface area contributed by atoms with Gasteiger partial charge in [0.05, 0.1) is 16.8 Å². The molecule has 1 unspecified atom stereocenters. The van der Waals surface area contributed by atoms with Gasteiger partial charge in [0.25, 0.3) is 5.91 Å². The molecule has 3 N–H and O–H groups in total. The molecule has 0 aliphatic rings. The van der Waals surface area contributed by atoms with Gasteiger partial charge in [0, 0.05) is 18.3 Å². The summed E-state index contributed by atoms with van der Waals surface area (Å²) in [6.45, 7) is 7.15. The number of alkyl halides is 3. The molecular weight excluding hydrogens is 409 g/mol. The van der Waals surface area contributed by atoms with Crippen LogP contribution in [0, 0.1) is 12.8 Å². The number of hydrogen-bond acceptors (Lipinski definition) is 4. The molecule has 1 aromatic heterocycles. The van der Waals surface area contributed by atoms with E-state index in [4.69, 9.17) is 5.73 Å². The minimum Gasteiger partial charge on any atom is -0.344 e. The van der Waals surface area contributed by atoms with E-state index < -0.39 is 34.3 Å². The fraction of sp³-hybridized carbons (Fsp3) is 0.421. The van der Waals surface area contributed by atoms with Gasteiger partial charge >= 0.3 is 6.18 Å². The van der Waals surface area contributed by atoms with E-state index >= 15 is 0 Å². The summed E-state index contributed by atoms with van der Waals surface area (Å²) in [6.07, 6.45) is -4.52. The molecule has 0 saturated carbocycles. The van der Waals surface area contributed by atoms with Gasteiger partial charge in [-0.2, -0.15) is 18.3 Å². The van der Waals surface area contributed by atoms with Crippen molar-refractivity contribution >= 4 is 18.3 Å². The lowest BCUT2D eigenvalue weighted by molar-refractivity contribution is -0.137. The number of carbonyl (C=O) groups excluding carboxylic acids is 1. The normalized spacial score (nSPS) is 13.6. The second-order valence-electron chi connectivity index (χ2n) is 7.19. The quantitative estimate of drug-likeness (QED) is 0.759. The number of aromatic nitrogens is 2. The van der Waals surface area contributed by atoms with E-state index in [1.54, 1.807) is 6.92 Å². The monoisotopic (exact) mass is 432 g/mol. The summed E-state index contributed by atoms with van der Waals surface area (Å²) in [5.74, 6) is -0.745. The number of aryl methyl sites for hydroxylation is 1. The zero-order valence-electron chi connectivity index (χ0n) is 16.5. The molecule has 6 nitrogen and oxygen atoms in total. The predicted octanol–water partition coefficient (Wildman–Crippen LogP) is 3.08. The van der Waals surface area contributed by atoms with E-state index in [-0.39, 0.29) is 30.6 Å². The molecule has 2 aromatic rings. The fourth-order valence-electron chi connectivity index (χ4n) is 2.53. The van der Waals surface area contributed by atoms with Crippen LogP contribution in [0.25, 0.3) is 5.69 Å². The second-order valence-corrected chi connectivity index (χ2v) is 7.19. The molecule has 0 bridgehead atoms. The van der Waals surface area contributed by atoms with Crippen molar-refractivity contribution in [1.82, 2.24) is 15.1 Å². The SMILES string of the molecule is Cc1cc(=O)c(C(=O)NC(C)(CN)C(C)C)nn1-c1cccc(C(F)(F)F)c1.Cl. The van der Waals surface area contributed by atoms with Gasteiger partial charge in [-0.1, -0.05) is 19.9 Å². The molecule has 0 aliphatic heterocycles. The van der Waals surface area contributed by atoms with Crippen LogP contribution in [0.2, 0.25) is 0 Å². The number of amides is 1. The van der Waals surface area contributed by atoms with Gasteiger partial charge in [0.1, 0.15) is 0 Å². The first-order valence-electron chi connectivity index (χ1n) is 8.70. The number of nitrogens with two attached hydrogens (primary N) is 1. The summed E-state index contributed by atoms with van der Waals surface area (Å²) in [5.41, 5.74) is 3.48. The van der Waals surface area contributed by atoms with Crippen LogP contribution in [-0.4, -0.2) is 27.8 Å². The highest BCUT2D eigenvalue weighted by atomic mass is 35.5. The van der Waals surface area contributed by atoms with Crippen molar-refractivity contribution in [3.05, 3.63) is 57.5 Å². The molecule has 0 radical (unpaired) electrons. The lowest BCUT2D eigenvalue weighted by Crippen LogP contribution is -2.55. The summed E-state index contributed by atoms with van der Waals surface area (Å²) in [4.78, 5) is 24.9. The van der Waals surface area contributed by atoms with Crippen LogP contribution >= 0.6 is 12.4 Å². The summed E-state index contributed by atoms with van der Waals surface area (Å²) in [5, 5.41) is 6.74. The first kappa shape index (κ1) is 24.6. The van der Waals surface area contributed by atoms with Gasteiger partial charge in [-0.05, 0) is 38.0 Å². The summed E-state index contributed by atoms with van der Waals surface area (Å²) in [6, 6.07) is 5.66. The third-order valence-corrected chi connectivity index (χ3v) is 4.84. The molecule has 2 rings (SSSR count). The summed E-state index contributed by atoms with van der Waals surface area (Å²) in [7, 11) is 0. The minimum atomic E-state index is -4.52. The molecule has 0 fully saturated rings. The summed E-state index contributed by atoms with van der Waals surface area (Å²) >= 11 is 0. The molecule has 1 amide bonds. The molecule has 160 valence electrons. The Morgan fingerprint density at radius 2 is 1.90 bits per heavy atom. The van der Waals surface area contributed by atoms with Crippen molar-refractivity contribution in [1.29, 1.82) is 0 Å². The number of hydrogen-bond donors (Lipinski definition) is 2. The van der Waals surface area contributed by atoms with Crippen molar-refractivity contribution in [3.63, 3.8) is 0 Å². The lowest BCUT2D eigenvalue weighted by Gasteiger charge is -2.33. The van der Waals surface area contributed by atoms with Gasteiger partial charge in [-0.15, -0.1) is 12.4 Å². The number of rotatable bonds is 5. The van der Waals surface area contributed by atoms with Crippen LogP contribution in [0.1, 0.15) is 42.5 Å². The molecule has 0 spiro atoms. The van der Waals surface area contributed by atoms with Gasteiger partial charge in [0.2, 0.25) is 5.43 Å². The molecule has 0 saturated heterocycles. The van der Waals surface area contributed by atoms with Crippen LogP contribution in [0.5, 0.6) is 0 Å². The second kappa shape index (κ2) is 8.96. The Kier molecular flexibility index (Phi) is 7.61.